The normalized spacial score (nSPS) is 10.6. The minimum Gasteiger partial charge on any atom is -0.469 e. The molecule has 2 aromatic heterocycles. The van der Waals surface area contributed by atoms with Crippen molar-refractivity contribution in [3.8, 4) is 10.7 Å². The third kappa shape index (κ3) is 3.08. The minimum absolute atomic E-state index is 0.209. The molecule has 2 heterocycles. The molecule has 0 aliphatic heterocycles. The lowest BCUT2D eigenvalue weighted by Crippen LogP contribution is -2.00. The van der Waals surface area contributed by atoms with Gasteiger partial charge in [0.15, 0.2) is 9.35 Å². The predicted molar refractivity (Wildman–Crippen MR) is 69.5 cm³/mol. The van der Waals surface area contributed by atoms with Crippen LogP contribution >= 0.6 is 23.1 Å². The van der Waals surface area contributed by atoms with Crippen LogP contribution in [0.1, 0.15) is 6.42 Å². The number of esters is 1. The van der Waals surface area contributed by atoms with Crippen molar-refractivity contribution in [2.75, 3.05) is 12.9 Å². The highest BCUT2D eigenvalue weighted by molar-refractivity contribution is 8.01. The Morgan fingerprint density at radius 1 is 1.56 bits per heavy atom. The molecule has 0 amide bonds. The molecule has 8 heteroatoms. The number of methoxy groups -OCH3 is 1. The van der Waals surface area contributed by atoms with Crippen molar-refractivity contribution in [2.45, 2.75) is 10.8 Å². The first kappa shape index (κ1) is 13.0. The molecule has 0 spiro atoms. The van der Waals surface area contributed by atoms with Crippen LogP contribution in [0.5, 0.6) is 0 Å². The van der Waals surface area contributed by atoms with Crippen molar-refractivity contribution in [1.29, 1.82) is 0 Å². The van der Waals surface area contributed by atoms with Gasteiger partial charge in [-0.2, -0.15) is 5.10 Å². The number of nitrogens with zero attached hydrogens (tertiary/aromatic N) is 4. The molecule has 0 N–H and O–H groups in total. The molecule has 96 valence electrons. The topological polar surface area (TPSA) is 69.9 Å². The number of carbonyl (C=O) groups excluding carboxylic acids is 1. The molecule has 6 nitrogen and oxygen atoms in total. The Hall–Kier alpha value is -1.41. The fraction of sp³-hybridized carbons (Fsp3) is 0.400. The maximum Gasteiger partial charge on any atom is 0.306 e. The Morgan fingerprint density at radius 3 is 3.06 bits per heavy atom. The quantitative estimate of drug-likeness (QED) is 0.613. The number of carbonyl (C=O) groups is 1. The number of aryl methyl sites for hydroxylation is 1. The van der Waals surface area contributed by atoms with E-state index >= 15 is 0 Å². The van der Waals surface area contributed by atoms with E-state index in [9.17, 15) is 4.79 Å². The van der Waals surface area contributed by atoms with Gasteiger partial charge in [-0.1, -0.05) is 23.1 Å². The molecular formula is C10H12N4O2S2. The van der Waals surface area contributed by atoms with E-state index in [4.69, 9.17) is 0 Å². The molecule has 2 rings (SSSR count). The van der Waals surface area contributed by atoms with E-state index in [1.165, 1.54) is 30.2 Å². The van der Waals surface area contributed by atoms with Gasteiger partial charge in [0.25, 0.3) is 0 Å². The molecule has 0 saturated heterocycles. The molecule has 18 heavy (non-hydrogen) atoms. The molecule has 0 aliphatic carbocycles. The van der Waals surface area contributed by atoms with Crippen molar-refractivity contribution in [2.24, 2.45) is 7.05 Å². The van der Waals surface area contributed by atoms with E-state index in [1.807, 2.05) is 13.1 Å². The summed E-state index contributed by atoms with van der Waals surface area (Å²) in [5.74, 6) is 0.436. The standard InChI is InChI=1S/C10H12N4O2S2/c1-14-7(3-5-11-14)9-12-13-10(18-9)17-6-4-8(15)16-2/h3,5H,4,6H2,1-2H3. The summed E-state index contributed by atoms with van der Waals surface area (Å²) in [6, 6.07) is 1.89. The van der Waals surface area contributed by atoms with Crippen LogP contribution in [0.3, 0.4) is 0 Å². The van der Waals surface area contributed by atoms with E-state index in [-0.39, 0.29) is 5.97 Å². The van der Waals surface area contributed by atoms with Crippen molar-refractivity contribution < 1.29 is 9.53 Å². The Kier molecular flexibility index (Phi) is 4.32. The van der Waals surface area contributed by atoms with Gasteiger partial charge in [-0.3, -0.25) is 9.48 Å². The second-order valence-electron chi connectivity index (χ2n) is 3.39. The summed E-state index contributed by atoms with van der Waals surface area (Å²) in [5, 5.41) is 13.1. The highest BCUT2D eigenvalue weighted by Crippen LogP contribution is 2.29. The maximum atomic E-state index is 11.0. The third-order valence-electron chi connectivity index (χ3n) is 2.21. The number of hydrogen-bond donors (Lipinski definition) is 0. The zero-order valence-corrected chi connectivity index (χ0v) is 11.6. The second kappa shape index (κ2) is 5.96. The highest BCUT2D eigenvalue weighted by Gasteiger charge is 2.10. The molecule has 0 atom stereocenters. The fourth-order valence-corrected chi connectivity index (χ4v) is 3.18. The van der Waals surface area contributed by atoms with E-state index < -0.39 is 0 Å². The first-order valence-corrected chi connectivity index (χ1v) is 7.02. The summed E-state index contributed by atoms with van der Waals surface area (Å²) in [6.45, 7) is 0. The van der Waals surface area contributed by atoms with E-state index in [2.05, 4.69) is 20.0 Å². The predicted octanol–water partition coefficient (Wildman–Crippen LogP) is 1.59. The van der Waals surface area contributed by atoms with Crippen molar-refractivity contribution >= 4 is 29.1 Å². The summed E-state index contributed by atoms with van der Waals surface area (Å²) >= 11 is 2.99. The van der Waals surface area contributed by atoms with Gasteiger partial charge < -0.3 is 4.74 Å². The van der Waals surface area contributed by atoms with Gasteiger partial charge in [0.2, 0.25) is 0 Å². The average Bonchev–Trinajstić information content (AvgIpc) is 2.97. The molecule has 0 bridgehead atoms. The summed E-state index contributed by atoms with van der Waals surface area (Å²) in [5.41, 5.74) is 0.937. The molecule has 2 aromatic rings. The monoisotopic (exact) mass is 284 g/mol. The van der Waals surface area contributed by atoms with Crippen LogP contribution in [0.15, 0.2) is 16.6 Å². The number of rotatable bonds is 5. The molecule has 0 unspecified atom stereocenters. The molecular weight excluding hydrogens is 272 g/mol. The third-order valence-corrected chi connectivity index (χ3v) is 4.29. The van der Waals surface area contributed by atoms with Gasteiger partial charge in [0, 0.05) is 19.0 Å². The van der Waals surface area contributed by atoms with Gasteiger partial charge in [-0.25, -0.2) is 0 Å². The van der Waals surface area contributed by atoms with Crippen LogP contribution in [-0.2, 0) is 16.6 Å². The molecule has 0 aromatic carbocycles. The van der Waals surface area contributed by atoms with Crippen LogP contribution in [0.25, 0.3) is 10.7 Å². The van der Waals surface area contributed by atoms with Gasteiger partial charge in [-0.05, 0) is 6.07 Å². The molecule has 0 radical (unpaired) electrons. The number of aromatic nitrogens is 4. The first-order chi connectivity index (χ1) is 8.70. The lowest BCUT2D eigenvalue weighted by Gasteiger charge is -1.96. The van der Waals surface area contributed by atoms with Crippen molar-refractivity contribution in [1.82, 2.24) is 20.0 Å². The Bertz CT molecular complexity index is 537. The van der Waals surface area contributed by atoms with E-state index in [0.717, 1.165) is 15.0 Å². The van der Waals surface area contributed by atoms with Crippen LogP contribution in [0, 0.1) is 0 Å². The molecule has 0 fully saturated rings. The van der Waals surface area contributed by atoms with Crippen LogP contribution in [0.4, 0.5) is 0 Å². The Labute approximate surface area is 112 Å². The smallest absolute Gasteiger partial charge is 0.306 e. The average molecular weight is 284 g/mol. The fourth-order valence-electron chi connectivity index (χ4n) is 1.28. The van der Waals surface area contributed by atoms with Gasteiger partial charge in [0.1, 0.15) is 0 Å². The number of ether oxygens (including phenoxy) is 1. The Morgan fingerprint density at radius 2 is 2.39 bits per heavy atom. The van der Waals surface area contributed by atoms with E-state index in [1.54, 1.807) is 10.9 Å². The zero-order chi connectivity index (χ0) is 13.0. The molecule has 0 aliphatic rings. The number of thioether (sulfide) groups is 1. The molecule has 0 saturated carbocycles. The SMILES string of the molecule is COC(=O)CCSc1nnc(-c2ccnn2C)s1. The van der Waals surface area contributed by atoms with Crippen molar-refractivity contribution in [3.05, 3.63) is 12.3 Å². The first-order valence-electron chi connectivity index (χ1n) is 5.22. The van der Waals surface area contributed by atoms with Gasteiger partial charge in [-0.15, -0.1) is 10.2 Å². The maximum absolute atomic E-state index is 11.0. The van der Waals surface area contributed by atoms with Crippen molar-refractivity contribution in [3.63, 3.8) is 0 Å². The Balaban J connectivity index is 1.95. The van der Waals surface area contributed by atoms with Crippen LogP contribution in [0.2, 0.25) is 0 Å². The minimum atomic E-state index is -0.209. The largest absolute Gasteiger partial charge is 0.469 e. The summed E-state index contributed by atoms with van der Waals surface area (Å²) < 4.78 is 7.17. The second-order valence-corrected chi connectivity index (χ2v) is 5.71. The zero-order valence-electron chi connectivity index (χ0n) is 9.99. The van der Waals surface area contributed by atoms with Crippen LogP contribution in [-0.4, -0.2) is 38.8 Å². The summed E-state index contributed by atoms with van der Waals surface area (Å²) in [4.78, 5) is 11.0. The summed E-state index contributed by atoms with van der Waals surface area (Å²) in [6.07, 6.45) is 2.10. The number of hydrogen-bond acceptors (Lipinski definition) is 7. The lowest BCUT2D eigenvalue weighted by molar-refractivity contribution is -0.140. The van der Waals surface area contributed by atoms with Gasteiger partial charge in [0.05, 0.1) is 19.2 Å². The summed E-state index contributed by atoms with van der Waals surface area (Å²) in [7, 11) is 3.25. The lowest BCUT2D eigenvalue weighted by atomic mass is 10.4. The van der Waals surface area contributed by atoms with Crippen LogP contribution < -0.4 is 0 Å². The highest BCUT2D eigenvalue weighted by atomic mass is 32.2. The van der Waals surface area contributed by atoms with Gasteiger partial charge >= 0.3 is 5.97 Å². The van der Waals surface area contributed by atoms with E-state index in [0.29, 0.717) is 12.2 Å².